The first kappa shape index (κ1) is 9.14. The maximum atomic E-state index is 8.63. The van der Waals surface area contributed by atoms with Crippen LogP contribution in [0.25, 0.3) is 0 Å². The third-order valence-corrected chi connectivity index (χ3v) is 0.756. The van der Waals surface area contributed by atoms with Crippen molar-refractivity contribution in [2.45, 2.75) is 0 Å². The van der Waals surface area contributed by atoms with Gasteiger partial charge in [0.15, 0.2) is 0 Å². The Balaban J connectivity index is 0.000000236. The molecule has 55 valence electrons. The zero-order valence-corrected chi connectivity index (χ0v) is 6.21. The van der Waals surface area contributed by atoms with Gasteiger partial charge in [-0.25, -0.2) is 0 Å². The van der Waals surface area contributed by atoms with E-state index in [1.165, 1.54) is 0 Å². The Bertz CT molecular complexity index is 203. The average Bonchev–Trinajstić information content (AvgIpc) is 1.91. The Morgan fingerprint density at radius 1 is 1.10 bits per heavy atom. The minimum absolute atomic E-state index is 0.322. The van der Waals surface area contributed by atoms with Crippen molar-refractivity contribution in [3.8, 4) is 5.75 Å². The molecular weight excluding hydrogens is 175 g/mol. The molecule has 1 N–H and O–H groups in total. The summed E-state index contributed by atoms with van der Waals surface area (Å²) in [4.78, 5) is 0. The first-order valence-corrected chi connectivity index (χ1v) is 3.41. The molecule has 0 aromatic heterocycles. The van der Waals surface area contributed by atoms with Crippen LogP contribution in [0.1, 0.15) is 0 Å². The van der Waals surface area contributed by atoms with Crippen LogP contribution in [-0.4, -0.2) is 5.11 Å². The number of para-hydroxylation sites is 1. The molecule has 4 heteroatoms. The first-order chi connectivity index (χ1) is 4.81. The molecule has 0 heterocycles. The van der Waals surface area contributed by atoms with Crippen molar-refractivity contribution in [1.82, 2.24) is 0 Å². The number of phenolic OH excluding ortho intramolecular Hbond substituents is 1. The summed E-state index contributed by atoms with van der Waals surface area (Å²) in [6, 6.07) is 8.71. The molecule has 3 nitrogen and oxygen atoms in total. The van der Waals surface area contributed by atoms with Gasteiger partial charge >= 0.3 is 22.5 Å². The molecule has 1 aromatic carbocycles. The molecule has 0 bridgehead atoms. The summed E-state index contributed by atoms with van der Waals surface area (Å²) < 4.78 is 16.8. The van der Waals surface area contributed by atoms with Crippen LogP contribution in [0.4, 0.5) is 0 Å². The number of phenols is 1. The summed E-state index contributed by atoms with van der Waals surface area (Å²) in [5, 5.41) is 8.63. The summed E-state index contributed by atoms with van der Waals surface area (Å²) in [6.45, 7) is 0. The Morgan fingerprint density at radius 3 is 1.70 bits per heavy atom. The molecule has 0 saturated carbocycles. The first-order valence-electron chi connectivity index (χ1n) is 2.44. The summed E-state index contributed by atoms with van der Waals surface area (Å²) in [5.41, 5.74) is 0. The molecule has 0 unspecified atom stereocenters. The van der Waals surface area contributed by atoms with E-state index in [4.69, 9.17) is 12.8 Å². The second-order valence-electron chi connectivity index (χ2n) is 1.40. The van der Waals surface area contributed by atoms with E-state index in [9.17, 15) is 0 Å². The van der Waals surface area contributed by atoms with Crippen molar-refractivity contribution < 1.29 is 27.6 Å². The zero-order chi connectivity index (χ0) is 7.82. The van der Waals surface area contributed by atoms with Gasteiger partial charge in [0, 0.05) is 0 Å². The number of rotatable bonds is 0. The van der Waals surface area contributed by atoms with Gasteiger partial charge in [-0.15, -0.1) is 0 Å². The van der Waals surface area contributed by atoms with Crippen molar-refractivity contribution in [1.29, 1.82) is 0 Å². The molecule has 1 rings (SSSR count). The number of benzene rings is 1. The fourth-order valence-corrected chi connectivity index (χ4v) is 0.428. The van der Waals surface area contributed by atoms with Gasteiger partial charge in [-0.1, -0.05) is 18.2 Å². The van der Waals surface area contributed by atoms with E-state index in [0.717, 1.165) is 0 Å². The third kappa shape index (κ3) is 5.28. The van der Waals surface area contributed by atoms with Crippen LogP contribution in [0.5, 0.6) is 5.75 Å². The van der Waals surface area contributed by atoms with Gasteiger partial charge in [0.05, 0.1) is 0 Å². The molecule has 0 saturated heterocycles. The third-order valence-electron chi connectivity index (χ3n) is 0.756. The summed E-state index contributed by atoms with van der Waals surface area (Å²) in [5.74, 6) is 0.322. The minimum atomic E-state index is -1.44. The van der Waals surface area contributed by atoms with Crippen LogP contribution < -0.4 is 0 Å². The quantitative estimate of drug-likeness (QED) is 0.610. The van der Waals surface area contributed by atoms with E-state index in [1.54, 1.807) is 24.3 Å². The maximum absolute atomic E-state index is 8.63. The Kier molecular flexibility index (Phi) is 5.72. The van der Waals surface area contributed by atoms with E-state index in [-0.39, 0.29) is 0 Å². The molecule has 0 atom stereocenters. The molecule has 0 amide bonds. The average molecular weight is 181 g/mol. The van der Waals surface area contributed by atoms with Gasteiger partial charge in [-0.05, 0) is 12.1 Å². The zero-order valence-electron chi connectivity index (χ0n) is 5.03. The van der Waals surface area contributed by atoms with E-state index < -0.39 is 14.8 Å². The van der Waals surface area contributed by atoms with Crippen LogP contribution in [-0.2, 0) is 22.5 Å². The molecule has 1 aromatic rings. The van der Waals surface area contributed by atoms with Gasteiger partial charge in [0.1, 0.15) is 5.75 Å². The summed E-state index contributed by atoms with van der Waals surface area (Å²) >= 11 is -1.44. The van der Waals surface area contributed by atoms with E-state index in [1.807, 2.05) is 6.07 Å². The second-order valence-corrected chi connectivity index (χ2v) is 1.60. The van der Waals surface area contributed by atoms with Crippen LogP contribution in [0, 0.1) is 0 Å². The number of hydrogen-bond acceptors (Lipinski definition) is 3. The van der Waals surface area contributed by atoms with Gasteiger partial charge < -0.3 is 5.11 Å². The van der Waals surface area contributed by atoms with Crippen LogP contribution >= 0.6 is 0 Å². The van der Waals surface area contributed by atoms with E-state index in [2.05, 4.69) is 0 Å². The molecule has 0 fully saturated rings. The molecular formula is C6H6MnO3. The normalized spacial score (nSPS) is 7.20. The van der Waals surface area contributed by atoms with Crippen LogP contribution in [0.3, 0.4) is 0 Å². The molecule has 10 heavy (non-hydrogen) atoms. The predicted octanol–water partition coefficient (Wildman–Crippen LogP) is 1.15. The van der Waals surface area contributed by atoms with Crippen LogP contribution in [0.15, 0.2) is 30.3 Å². The van der Waals surface area contributed by atoms with E-state index >= 15 is 0 Å². The summed E-state index contributed by atoms with van der Waals surface area (Å²) in [6.07, 6.45) is 0. The summed E-state index contributed by atoms with van der Waals surface area (Å²) in [7, 11) is 0. The molecule has 0 aliphatic carbocycles. The fourth-order valence-electron chi connectivity index (χ4n) is 0.428. The Hall–Kier alpha value is -0.861. The number of aromatic hydroxyl groups is 1. The van der Waals surface area contributed by atoms with Gasteiger partial charge in [-0.3, -0.25) is 0 Å². The molecule has 0 aliphatic rings. The molecule has 0 aliphatic heterocycles. The number of hydrogen-bond donors (Lipinski definition) is 1. The van der Waals surface area contributed by atoms with Crippen LogP contribution in [0.2, 0.25) is 0 Å². The van der Waals surface area contributed by atoms with Gasteiger partial charge in [0.2, 0.25) is 0 Å². The second kappa shape index (κ2) is 6.26. The van der Waals surface area contributed by atoms with Crippen molar-refractivity contribution in [2.24, 2.45) is 0 Å². The Morgan fingerprint density at radius 2 is 1.50 bits per heavy atom. The van der Waals surface area contributed by atoms with Gasteiger partial charge in [-0.2, -0.15) is 0 Å². The molecule has 0 radical (unpaired) electrons. The fraction of sp³-hybridized carbons (Fsp3) is 0. The van der Waals surface area contributed by atoms with Crippen molar-refractivity contribution in [2.75, 3.05) is 0 Å². The Labute approximate surface area is 64.3 Å². The van der Waals surface area contributed by atoms with Gasteiger partial charge in [0.25, 0.3) is 0 Å². The van der Waals surface area contributed by atoms with Crippen molar-refractivity contribution in [3.63, 3.8) is 0 Å². The predicted molar refractivity (Wildman–Crippen MR) is 29.5 cm³/mol. The SMILES string of the molecule is Oc1ccccc1.[O]=[Mn]=[O]. The topological polar surface area (TPSA) is 54.4 Å². The van der Waals surface area contributed by atoms with Crippen molar-refractivity contribution >= 4 is 0 Å². The van der Waals surface area contributed by atoms with E-state index in [0.29, 0.717) is 5.75 Å². The standard InChI is InChI=1S/C6H6O.Mn.2O/c7-6-4-2-1-3-5-6;;;/h1-5,7H;;;. The molecule has 0 spiro atoms. The van der Waals surface area contributed by atoms with Crippen molar-refractivity contribution in [3.05, 3.63) is 30.3 Å². The monoisotopic (exact) mass is 181 g/mol.